The van der Waals surface area contributed by atoms with Gasteiger partial charge >= 0.3 is 0 Å². The van der Waals surface area contributed by atoms with Crippen molar-refractivity contribution in [1.29, 1.82) is 0 Å². The molecule has 3 heteroatoms. The van der Waals surface area contributed by atoms with Crippen LogP contribution < -0.4 is 5.73 Å². The zero-order valence-electron chi connectivity index (χ0n) is 7.42. The van der Waals surface area contributed by atoms with E-state index in [0.717, 1.165) is 25.9 Å². The van der Waals surface area contributed by atoms with Gasteiger partial charge in [0, 0.05) is 19.4 Å². The van der Waals surface area contributed by atoms with E-state index in [4.69, 9.17) is 10.5 Å². The first-order valence-electron chi connectivity index (χ1n) is 4.66. The van der Waals surface area contributed by atoms with Crippen LogP contribution in [0, 0.1) is 0 Å². The molecular weight excluding hydrogens is 154 g/mol. The van der Waals surface area contributed by atoms with Crippen molar-refractivity contribution in [1.82, 2.24) is 0 Å². The maximum atomic E-state index is 11.1. The highest BCUT2D eigenvalue weighted by molar-refractivity contribution is 5.78. The molecule has 3 nitrogen and oxygen atoms in total. The lowest BCUT2D eigenvalue weighted by atomic mass is 10.1. The molecule has 1 heterocycles. The van der Waals surface area contributed by atoms with Gasteiger partial charge in [-0.3, -0.25) is 4.79 Å². The van der Waals surface area contributed by atoms with Gasteiger partial charge in [-0.05, 0) is 25.8 Å². The van der Waals surface area contributed by atoms with Gasteiger partial charge in [0.05, 0.1) is 6.10 Å². The van der Waals surface area contributed by atoms with Crippen molar-refractivity contribution in [2.24, 2.45) is 5.73 Å². The molecule has 2 N–H and O–H groups in total. The van der Waals surface area contributed by atoms with Crippen molar-refractivity contribution in [2.75, 3.05) is 13.2 Å². The molecule has 0 amide bonds. The minimum Gasteiger partial charge on any atom is -0.378 e. The summed E-state index contributed by atoms with van der Waals surface area (Å²) in [4.78, 5) is 11.1. The van der Waals surface area contributed by atoms with Crippen molar-refractivity contribution in [2.45, 2.75) is 38.2 Å². The maximum Gasteiger partial charge on any atom is 0.134 e. The highest BCUT2D eigenvalue weighted by Gasteiger charge is 2.16. The summed E-state index contributed by atoms with van der Waals surface area (Å²) >= 11 is 0. The predicted molar refractivity (Wildman–Crippen MR) is 46.9 cm³/mol. The number of hydrogen-bond acceptors (Lipinski definition) is 3. The molecule has 0 aromatic heterocycles. The highest BCUT2D eigenvalue weighted by atomic mass is 16.5. The Morgan fingerprint density at radius 1 is 1.50 bits per heavy atom. The Balaban J connectivity index is 2.03. The third-order valence-corrected chi connectivity index (χ3v) is 2.19. The van der Waals surface area contributed by atoms with Crippen LogP contribution in [0.4, 0.5) is 0 Å². The summed E-state index contributed by atoms with van der Waals surface area (Å²) in [5.41, 5.74) is 5.26. The molecule has 1 aliphatic heterocycles. The van der Waals surface area contributed by atoms with E-state index in [0.29, 0.717) is 25.5 Å². The van der Waals surface area contributed by atoms with Crippen molar-refractivity contribution >= 4 is 5.78 Å². The van der Waals surface area contributed by atoms with Gasteiger partial charge < -0.3 is 10.5 Å². The van der Waals surface area contributed by atoms with Gasteiger partial charge in [0.1, 0.15) is 5.78 Å². The SMILES string of the molecule is NCCC(=O)CCC1CCCO1. The van der Waals surface area contributed by atoms with Crippen LogP contribution in [0.5, 0.6) is 0 Å². The van der Waals surface area contributed by atoms with E-state index in [9.17, 15) is 4.79 Å². The number of Topliss-reactive ketones (excluding diaryl/α,β-unsaturated/α-hetero) is 1. The molecule has 1 unspecified atom stereocenters. The fourth-order valence-electron chi connectivity index (χ4n) is 1.48. The summed E-state index contributed by atoms with van der Waals surface area (Å²) in [7, 11) is 0. The Bertz CT molecular complexity index is 141. The molecule has 1 saturated heterocycles. The number of carbonyl (C=O) groups is 1. The zero-order valence-corrected chi connectivity index (χ0v) is 7.42. The Morgan fingerprint density at radius 3 is 2.92 bits per heavy atom. The summed E-state index contributed by atoms with van der Waals surface area (Å²) in [6.07, 6.45) is 4.66. The molecule has 0 aromatic rings. The lowest BCUT2D eigenvalue weighted by Gasteiger charge is -2.07. The van der Waals surface area contributed by atoms with Gasteiger partial charge in [-0.15, -0.1) is 0 Å². The summed E-state index contributed by atoms with van der Waals surface area (Å²) in [6, 6.07) is 0. The predicted octanol–water partition coefficient (Wildman–Crippen LogP) is 0.863. The van der Waals surface area contributed by atoms with Crippen LogP contribution in [0.1, 0.15) is 32.1 Å². The molecule has 1 atom stereocenters. The second-order valence-corrected chi connectivity index (χ2v) is 3.25. The first-order valence-corrected chi connectivity index (χ1v) is 4.66. The summed E-state index contributed by atoms with van der Waals surface area (Å²) in [5, 5.41) is 0. The highest BCUT2D eigenvalue weighted by Crippen LogP contribution is 2.16. The van der Waals surface area contributed by atoms with Crippen LogP contribution >= 0.6 is 0 Å². The Kier molecular flexibility index (Phi) is 4.25. The Morgan fingerprint density at radius 2 is 2.33 bits per heavy atom. The fraction of sp³-hybridized carbons (Fsp3) is 0.889. The third-order valence-electron chi connectivity index (χ3n) is 2.19. The molecule has 1 rings (SSSR count). The molecule has 1 fully saturated rings. The molecule has 1 aliphatic rings. The zero-order chi connectivity index (χ0) is 8.81. The lowest BCUT2D eigenvalue weighted by Crippen LogP contribution is -2.11. The number of carbonyl (C=O) groups excluding carboxylic acids is 1. The van der Waals surface area contributed by atoms with E-state index in [1.807, 2.05) is 0 Å². The second-order valence-electron chi connectivity index (χ2n) is 3.25. The van der Waals surface area contributed by atoms with E-state index in [1.165, 1.54) is 0 Å². The smallest absolute Gasteiger partial charge is 0.134 e. The summed E-state index contributed by atoms with van der Waals surface area (Å²) in [5.74, 6) is 0.271. The van der Waals surface area contributed by atoms with Gasteiger partial charge in [0.2, 0.25) is 0 Å². The number of nitrogens with two attached hydrogens (primary N) is 1. The van der Waals surface area contributed by atoms with Crippen LogP contribution in [0.3, 0.4) is 0 Å². The lowest BCUT2D eigenvalue weighted by molar-refractivity contribution is -0.119. The van der Waals surface area contributed by atoms with E-state index < -0.39 is 0 Å². The van der Waals surface area contributed by atoms with Crippen LogP contribution in [0.15, 0.2) is 0 Å². The number of ether oxygens (including phenoxy) is 1. The average Bonchev–Trinajstić information content (AvgIpc) is 2.53. The summed E-state index contributed by atoms with van der Waals surface area (Å²) in [6.45, 7) is 1.35. The molecule has 0 aromatic carbocycles. The first kappa shape index (κ1) is 9.68. The molecule has 0 saturated carbocycles. The normalized spacial score (nSPS) is 22.9. The molecule has 70 valence electrons. The number of rotatable bonds is 5. The van der Waals surface area contributed by atoms with E-state index in [-0.39, 0.29) is 5.78 Å². The first-order chi connectivity index (χ1) is 5.83. The van der Waals surface area contributed by atoms with Gasteiger partial charge in [-0.25, -0.2) is 0 Å². The van der Waals surface area contributed by atoms with Crippen molar-refractivity contribution in [3.63, 3.8) is 0 Å². The van der Waals surface area contributed by atoms with Gasteiger partial charge in [0.15, 0.2) is 0 Å². The average molecular weight is 171 g/mol. The van der Waals surface area contributed by atoms with Gasteiger partial charge in [-0.2, -0.15) is 0 Å². The van der Waals surface area contributed by atoms with Gasteiger partial charge in [0.25, 0.3) is 0 Å². The van der Waals surface area contributed by atoms with Gasteiger partial charge in [-0.1, -0.05) is 0 Å². The van der Waals surface area contributed by atoms with Crippen LogP contribution in [-0.2, 0) is 9.53 Å². The quantitative estimate of drug-likeness (QED) is 0.667. The van der Waals surface area contributed by atoms with E-state index in [1.54, 1.807) is 0 Å². The Hall–Kier alpha value is -0.410. The number of hydrogen-bond donors (Lipinski definition) is 1. The minimum atomic E-state index is 0.271. The molecule has 0 spiro atoms. The van der Waals surface area contributed by atoms with Crippen LogP contribution in [0.25, 0.3) is 0 Å². The summed E-state index contributed by atoms with van der Waals surface area (Å²) < 4.78 is 5.40. The standard InChI is InChI=1S/C9H17NO2/c10-6-5-8(11)3-4-9-2-1-7-12-9/h9H,1-7,10H2. The largest absolute Gasteiger partial charge is 0.378 e. The van der Waals surface area contributed by atoms with E-state index in [2.05, 4.69) is 0 Å². The van der Waals surface area contributed by atoms with E-state index >= 15 is 0 Å². The van der Waals surface area contributed by atoms with Crippen molar-refractivity contribution in [3.05, 3.63) is 0 Å². The van der Waals surface area contributed by atoms with Crippen LogP contribution in [0.2, 0.25) is 0 Å². The minimum absolute atomic E-state index is 0.271. The third kappa shape index (κ3) is 3.32. The number of ketones is 1. The van der Waals surface area contributed by atoms with Crippen LogP contribution in [-0.4, -0.2) is 25.0 Å². The Labute approximate surface area is 73.3 Å². The topological polar surface area (TPSA) is 52.3 Å². The maximum absolute atomic E-state index is 11.1. The second kappa shape index (κ2) is 5.27. The molecule has 0 aliphatic carbocycles. The molecule has 0 radical (unpaired) electrons. The van der Waals surface area contributed by atoms with Crippen molar-refractivity contribution < 1.29 is 9.53 Å². The molecule has 12 heavy (non-hydrogen) atoms. The monoisotopic (exact) mass is 171 g/mol. The molecular formula is C9H17NO2. The van der Waals surface area contributed by atoms with Crippen molar-refractivity contribution in [3.8, 4) is 0 Å². The molecule has 0 bridgehead atoms. The fourth-order valence-corrected chi connectivity index (χ4v) is 1.48.